The van der Waals surface area contributed by atoms with Crippen LogP contribution in [0.4, 0.5) is 5.69 Å². The number of amides is 1. The zero-order valence-corrected chi connectivity index (χ0v) is 13.4. The number of carboxylic acid groups (broad SMARTS) is 1. The van der Waals surface area contributed by atoms with Crippen LogP contribution >= 0.6 is 0 Å². The Hall–Kier alpha value is -2.09. The van der Waals surface area contributed by atoms with Crippen LogP contribution in [-0.2, 0) is 14.8 Å². The number of benzene rings is 1. The summed E-state index contributed by atoms with van der Waals surface area (Å²) in [6.45, 7) is 3.64. The van der Waals surface area contributed by atoms with E-state index in [4.69, 9.17) is 5.11 Å². The number of carbonyl (C=O) groups is 2. The first kappa shape index (κ1) is 18.0. The first-order valence-electron chi connectivity index (χ1n) is 6.91. The van der Waals surface area contributed by atoms with Crippen molar-refractivity contribution in [2.24, 2.45) is 0 Å². The molecule has 1 rings (SSSR count). The van der Waals surface area contributed by atoms with Gasteiger partial charge < -0.3 is 10.0 Å². The van der Waals surface area contributed by atoms with Crippen LogP contribution in [0.2, 0.25) is 0 Å². The number of para-hydroxylation sites is 1. The van der Waals surface area contributed by atoms with Crippen LogP contribution in [0.3, 0.4) is 0 Å². The number of hydrogen-bond donors (Lipinski definition) is 2. The molecule has 0 unspecified atom stereocenters. The van der Waals surface area contributed by atoms with Crippen LogP contribution in [0.5, 0.6) is 0 Å². The molecule has 0 radical (unpaired) electrons. The molecule has 0 aromatic heterocycles. The number of carboxylic acids is 1. The van der Waals surface area contributed by atoms with E-state index in [1.54, 1.807) is 19.1 Å². The first-order valence-corrected chi connectivity index (χ1v) is 8.56. The van der Waals surface area contributed by atoms with Gasteiger partial charge in [0, 0.05) is 13.1 Å². The Bertz CT molecular complexity index is 642. The Labute approximate surface area is 130 Å². The summed E-state index contributed by atoms with van der Waals surface area (Å²) in [6.07, 6.45) is -0.164. The quantitative estimate of drug-likeness (QED) is 0.750. The molecule has 0 saturated carbocycles. The molecule has 0 fully saturated rings. The maximum absolute atomic E-state index is 12.5. The highest BCUT2D eigenvalue weighted by Gasteiger charge is 2.20. The van der Waals surface area contributed by atoms with E-state index in [1.807, 2.05) is 0 Å². The zero-order chi connectivity index (χ0) is 16.8. The summed E-state index contributed by atoms with van der Waals surface area (Å²) in [4.78, 5) is 24.5. The Morgan fingerprint density at radius 3 is 2.41 bits per heavy atom. The fourth-order valence-corrected chi connectivity index (χ4v) is 2.46. The molecule has 0 bridgehead atoms. The Balaban J connectivity index is 3.04. The SMILES string of the molecule is CCN(CCC(=O)O)C(=O)c1ccccc1NS(=O)(=O)CC. The molecule has 0 aliphatic carbocycles. The molecule has 8 heteroatoms. The molecule has 22 heavy (non-hydrogen) atoms. The summed E-state index contributed by atoms with van der Waals surface area (Å²) in [5.74, 6) is -1.50. The van der Waals surface area contributed by atoms with E-state index in [1.165, 1.54) is 24.0 Å². The number of rotatable bonds is 8. The Kier molecular flexibility index (Phi) is 6.36. The molecule has 1 aromatic rings. The minimum atomic E-state index is -3.50. The van der Waals surface area contributed by atoms with Gasteiger partial charge >= 0.3 is 5.97 Å². The second-order valence-corrected chi connectivity index (χ2v) is 6.59. The van der Waals surface area contributed by atoms with E-state index in [0.29, 0.717) is 6.54 Å². The van der Waals surface area contributed by atoms with E-state index in [9.17, 15) is 18.0 Å². The second-order valence-electron chi connectivity index (χ2n) is 4.58. The number of carbonyl (C=O) groups excluding carboxylic acids is 1. The summed E-state index contributed by atoms with van der Waals surface area (Å²) >= 11 is 0. The molecular weight excluding hydrogens is 308 g/mol. The molecule has 0 aliphatic rings. The highest BCUT2D eigenvalue weighted by atomic mass is 32.2. The molecule has 0 atom stereocenters. The van der Waals surface area contributed by atoms with Crippen molar-refractivity contribution >= 4 is 27.6 Å². The number of anilines is 1. The van der Waals surface area contributed by atoms with Crippen LogP contribution < -0.4 is 4.72 Å². The van der Waals surface area contributed by atoms with Crippen molar-refractivity contribution < 1.29 is 23.1 Å². The van der Waals surface area contributed by atoms with Gasteiger partial charge in [0.1, 0.15) is 0 Å². The molecule has 0 saturated heterocycles. The third-order valence-electron chi connectivity index (χ3n) is 3.07. The van der Waals surface area contributed by atoms with Gasteiger partial charge in [-0.3, -0.25) is 14.3 Å². The lowest BCUT2D eigenvalue weighted by Crippen LogP contribution is -2.33. The van der Waals surface area contributed by atoms with Crippen LogP contribution in [0.1, 0.15) is 30.6 Å². The molecule has 122 valence electrons. The van der Waals surface area contributed by atoms with Gasteiger partial charge in [0.25, 0.3) is 5.91 Å². The third-order valence-corrected chi connectivity index (χ3v) is 4.36. The van der Waals surface area contributed by atoms with E-state index < -0.39 is 21.9 Å². The van der Waals surface area contributed by atoms with Crippen molar-refractivity contribution in [2.45, 2.75) is 20.3 Å². The van der Waals surface area contributed by atoms with Gasteiger partial charge in [0.15, 0.2) is 0 Å². The first-order chi connectivity index (χ1) is 10.3. The summed E-state index contributed by atoms with van der Waals surface area (Å²) in [7, 11) is -3.50. The average Bonchev–Trinajstić information content (AvgIpc) is 2.47. The van der Waals surface area contributed by atoms with Crippen molar-refractivity contribution in [3.63, 3.8) is 0 Å². The largest absolute Gasteiger partial charge is 0.481 e. The summed E-state index contributed by atoms with van der Waals surface area (Å²) in [6, 6.07) is 6.27. The van der Waals surface area contributed by atoms with E-state index in [-0.39, 0.29) is 30.0 Å². The predicted octanol–water partition coefficient (Wildman–Crippen LogP) is 1.38. The number of sulfonamides is 1. The number of nitrogens with zero attached hydrogens (tertiary/aromatic N) is 1. The van der Waals surface area contributed by atoms with Gasteiger partial charge in [-0.2, -0.15) is 0 Å². The highest BCUT2D eigenvalue weighted by molar-refractivity contribution is 7.92. The van der Waals surface area contributed by atoms with E-state index >= 15 is 0 Å². The number of nitrogens with one attached hydrogen (secondary N) is 1. The summed E-state index contributed by atoms with van der Waals surface area (Å²) < 4.78 is 25.7. The zero-order valence-electron chi connectivity index (χ0n) is 12.6. The molecule has 1 amide bonds. The van der Waals surface area contributed by atoms with Crippen LogP contribution in [0, 0.1) is 0 Å². The molecule has 7 nitrogen and oxygen atoms in total. The third kappa shape index (κ3) is 5.03. The smallest absolute Gasteiger partial charge is 0.305 e. The Morgan fingerprint density at radius 2 is 1.86 bits per heavy atom. The average molecular weight is 328 g/mol. The van der Waals surface area contributed by atoms with Gasteiger partial charge in [0.05, 0.1) is 23.4 Å². The normalized spacial score (nSPS) is 11.0. The van der Waals surface area contributed by atoms with Crippen molar-refractivity contribution in [2.75, 3.05) is 23.6 Å². The van der Waals surface area contributed by atoms with Crippen LogP contribution in [0.25, 0.3) is 0 Å². The minimum Gasteiger partial charge on any atom is -0.481 e. The minimum absolute atomic E-state index is 0.0690. The lowest BCUT2D eigenvalue weighted by Gasteiger charge is -2.21. The topological polar surface area (TPSA) is 104 Å². The summed E-state index contributed by atoms with van der Waals surface area (Å²) in [5, 5.41) is 8.72. The maximum Gasteiger partial charge on any atom is 0.305 e. The molecule has 2 N–H and O–H groups in total. The molecule has 0 spiro atoms. The standard InChI is InChI=1S/C14H20N2O5S/c1-3-16(10-9-13(17)18)14(19)11-7-5-6-8-12(11)15-22(20,21)4-2/h5-8,15H,3-4,9-10H2,1-2H3,(H,17,18). The highest BCUT2D eigenvalue weighted by Crippen LogP contribution is 2.19. The Morgan fingerprint density at radius 1 is 1.23 bits per heavy atom. The molecule has 0 heterocycles. The second kappa shape index (κ2) is 7.79. The van der Waals surface area contributed by atoms with Crippen LogP contribution in [-0.4, -0.2) is 49.1 Å². The van der Waals surface area contributed by atoms with E-state index in [0.717, 1.165) is 0 Å². The number of hydrogen-bond acceptors (Lipinski definition) is 4. The van der Waals surface area contributed by atoms with Crippen molar-refractivity contribution in [3.05, 3.63) is 29.8 Å². The van der Waals surface area contributed by atoms with Gasteiger partial charge in [-0.1, -0.05) is 12.1 Å². The van der Waals surface area contributed by atoms with Gasteiger partial charge in [-0.05, 0) is 26.0 Å². The maximum atomic E-state index is 12.5. The number of aliphatic carboxylic acids is 1. The van der Waals surface area contributed by atoms with Crippen molar-refractivity contribution in [1.82, 2.24) is 4.90 Å². The lowest BCUT2D eigenvalue weighted by atomic mass is 10.1. The summed E-state index contributed by atoms with van der Waals surface area (Å²) in [5.41, 5.74) is 0.398. The molecular formula is C14H20N2O5S. The van der Waals surface area contributed by atoms with Crippen molar-refractivity contribution in [3.8, 4) is 0 Å². The van der Waals surface area contributed by atoms with Gasteiger partial charge in [-0.25, -0.2) is 8.42 Å². The fraction of sp³-hybridized carbons (Fsp3) is 0.429. The van der Waals surface area contributed by atoms with Crippen molar-refractivity contribution in [1.29, 1.82) is 0 Å². The van der Waals surface area contributed by atoms with E-state index in [2.05, 4.69) is 4.72 Å². The van der Waals surface area contributed by atoms with Crippen LogP contribution in [0.15, 0.2) is 24.3 Å². The molecule has 0 aliphatic heterocycles. The lowest BCUT2D eigenvalue weighted by molar-refractivity contribution is -0.137. The predicted molar refractivity (Wildman–Crippen MR) is 83.4 cm³/mol. The van der Waals surface area contributed by atoms with Gasteiger partial charge in [0.2, 0.25) is 10.0 Å². The monoisotopic (exact) mass is 328 g/mol. The fourth-order valence-electron chi connectivity index (χ4n) is 1.80. The van der Waals surface area contributed by atoms with Gasteiger partial charge in [-0.15, -0.1) is 0 Å². The molecule has 1 aromatic carbocycles.